The van der Waals surface area contributed by atoms with Crippen LogP contribution in [0.15, 0.2) is 10.7 Å². The van der Waals surface area contributed by atoms with Crippen LogP contribution >= 0.6 is 15.9 Å². The Hall–Kier alpha value is -0.430. The highest BCUT2D eigenvalue weighted by atomic mass is 79.9. The molecule has 122 valence electrons. The fourth-order valence-corrected chi connectivity index (χ4v) is 2.90. The summed E-state index contributed by atoms with van der Waals surface area (Å²) < 4.78 is 14.0. The van der Waals surface area contributed by atoms with Crippen LogP contribution in [0.25, 0.3) is 0 Å². The molecule has 1 N–H and O–H groups in total. The lowest BCUT2D eigenvalue weighted by Gasteiger charge is -2.37. The second-order valence-corrected chi connectivity index (χ2v) is 6.21. The Labute approximate surface area is 136 Å². The van der Waals surface area contributed by atoms with E-state index in [4.69, 9.17) is 9.47 Å². The summed E-state index contributed by atoms with van der Waals surface area (Å²) in [5, 5.41) is 8.07. The molecule has 1 aromatic rings. The minimum Gasteiger partial charge on any atom is -0.383 e. The molecule has 0 fully saturated rings. The molecule has 1 rings (SSSR count). The van der Waals surface area contributed by atoms with Crippen molar-refractivity contribution in [2.45, 2.75) is 51.8 Å². The lowest BCUT2D eigenvalue weighted by atomic mass is 9.90. The van der Waals surface area contributed by atoms with E-state index in [0.29, 0.717) is 6.61 Å². The van der Waals surface area contributed by atoms with Crippen molar-refractivity contribution in [1.82, 2.24) is 15.1 Å². The molecular weight excluding hydrogens is 334 g/mol. The Morgan fingerprint density at radius 3 is 2.67 bits per heavy atom. The average Bonchev–Trinajstić information content (AvgIpc) is 2.86. The van der Waals surface area contributed by atoms with Gasteiger partial charge in [-0.2, -0.15) is 5.10 Å². The Kier molecular flexibility index (Phi) is 7.87. The van der Waals surface area contributed by atoms with Gasteiger partial charge in [0.25, 0.3) is 0 Å². The van der Waals surface area contributed by atoms with Gasteiger partial charge in [-0.15, -0.1) is 0 Å². The van der Waals surface area contributed by atoms with Gasteiger partial charge in [0.1, 0.15) is 0 Å². The zero-order chi connectivity index (χ0) is 15.9. The Morgan fingerprint density at radius 1 is 1.43 bits per heavy atom. The van der Waals surface area contributed by atoms with E-state index in [1.54, 1.807) is 14.2 Å². The zero-order valence-corrected chi connectivity index (χ0v) is 15.4. The predicted octanol–water partition coefficient (Wildman–Crippen LogP) is 3.15. The molecule has 0 aliphatic rings. The first-order valence-corrected chi connectivity index (χ1v) is 8.32. The zero-order valence-electron chi connectivity index (χ0n) is 13.8. The van der Waals surface area contributed by atoms with E-state index in [-0.39, 0.29) is 11.6 Å². The fourth-order valence-electron chi connectivity index (χ4n) is 2.37. The molecule has 0 saturated heterocycles. The van der Waals surface area contributed by atoms with Crippen LogP contribution in [0.2, 0.25) is 0 Å². The van der Waals surface area contributed by atoms with Crippen molar-refractivity contribution in [3.8, 4) is 0 Å². The SMILES string of the molecule is CCCNC(c1c(Br)cnn1CCOC)C(C)(CC)OC. The first-order chi connectivity index (χ1) is 10.0. The molecule has 1 aromatic heterocycles. The highest BCUT2D eigenvalue weighted by molar-refractivity contribution is 9.10. The number of nitrogens with one attached hydrogen (secondary N) is 1. The summed E-state index contributed by atoms with van der Waals surface area (Å²) in [6.07, 6.45) is 3.83. The minimum atomic E-state index is -0.289. The van der Waals surface area contributed by atoms with Crippen LogP contribution in [0.1, 0.15) is 45.3 Å². The number of nitrogens with zero attached hydrogens (tertiary/aromatic N) is 2. The van der Waals surface area contributed by atoms with Gasteiger partial charge in [0.2, 0.25) is 0 Å². The Morgan fingerprint density at radius 2 is 2.14 bits per heavy atom. The Balaban J connectivity index is 3.15. The number of methoxy groups -OCH3 is 2. The van der Waals surface area contributed by atoms with Gasteiger partial charge in [-0.05, 0) is 42.2 Å². The minimum absolute atomic E-state index is 0.0705. The molecule has 0 aliphatic heterocycles. The van der Waals surface area contributed by atoms with Crippen molar-refractivity contribution in [2.75, 3.05) is 27.4 Å². The van der Waals surface area contributed by atoms with Crippen LogP contribution in [0, 0.1) is 0 Å². The topological polar surface area (TPSA) is 48.3 Å². The van der Waals surface area contributed by atoms with E-state index in [9.17, 15) is 0 Å². The maximum atomic E-state index is 5.83. The number of ether oxygens (including phenoxy) is 2. The monoisotopic (exact) mass is 361 g/mol. The van der Waals surface area contributed by atoms with Gasteiger partial charge in [-0.25, -0.2) is 0 Å². The molecule has 21 heavy (non-hydrogen) atoms. The molecule has 0 radical (unpaired) electrons. The quantitative estimate of drug-likeness (QED) is 0.695. The summed E-state index contributed by atoms with van der Waals surface area (Å²) in [4.78, 5) is 0. The van der Waals surface area contributed by atoms with Crippen molar-refractivity contribution in [3.63, 3.8) is 0 Å². The second kappa shape index (κ2) is 8.88. The third-order valence-corrected chi connectivity index (χ3v) is 4.60. The number of hydrogen-bond acceptors (Lipinski definition) is 4. The second-order valence-electron chi connectivity index (χ2n) is 5.35. The van der Waals surface area contributed by atoms with Crippen molar-refractivity contribution in [2.24, 2.45) is 0 Å². The lowest BCUT2D eigenvalue weighted by molar-refractivity contribution is -0.0326. The summed E-state index contributed by atoms with van der Waals surface area (Å²) in [7, 11) is 3.48. The van der Waals surface area contributed by atoms with E-state index in [0.717, 1.165) is 36.1 Å². The highest BCUT2D eigenvalue weighted by Gasteiger charge is 2.37. The molecule has 6 heteroatoms. The van der Waals surface area contributed by atoms with Gasteiger partial charge < -0.3 is 14.8 Å². The first kappa shape index (κ1) is 18.6. The number of rotatable bonds is 10. The van der Waals surface area contributed by atoms with Crippen molar-refractivity contribution in [1.29, 1.82) is 0 Å². The van der Waals surface area contributed by atoms with E-state index < -0.39 is 0 Å². The maximum absolute atomic E-state index is 5.83. The smallest absolute Gasteiger partial charge is 0.0857 e. The van der Waals surface area contributed by atoms with Gasteiger partial charge in [0.15, 0.2) is 0 Å². The number of hydrogen-bond donors (Lipinski definition) is 1. The summed E-state index contributed by atoms with van der Waals surface area (Å²) in [6.45, 7) is 8.75. The van der Waals surface area contributed by atoms with Crippen LogP contribution in [-0.4, -0.2) is 42.8 Å². The summed E-state index contributed by atoms with van der Waals surface area (Å²) >= 11 is 3.63. The molecule has 2 unspecified atom stereocenters. The lowest BCUT2D eigenvalue weighted by Crippen LogP contribution is -2.44. The third kappa shape index (κ3) is 4.52. The standard InChI is InChI=1S/C15H28BrN3O2/c1-6-8-17-14(15(3,7-2)21-5)13-12(16)11-18-19(13)9-10-20-4/h11,14,17H,6-10H2,1-5H3. The number of halogens is 1. The highest BCUT2D eigenvalue weighted by Crippen LogP contribution is 2.35. The van der Waals surface area contributed by atoms with Crippen LogP contribution in [0.4, 0.5) is 0 Å². The molecule has 2 atom stereocenters. The molecule has 0 amide bonds. The summed E-state index contributed by atoms with van der Waals surface area (Å²) in [6, 6.07) is 0.0705. The van der Waals surface area contributed by atoms with E-state index >= 15 is 0 Å². The molecule has 0 aromatic carbocycles. The largest absolute Gasteiger partial charge is 0.383 e. The van der Waals surface area contributed by atoms with Crippen LogP contribution in [0.3, 0.4) is 0 Å². The van der Waals surface area contributed by atoms with E-state index in [2.05, 4.69) is 47.1 Å². The van der Waals surface area contributed by atoms with Crippen molar-refractivity contribution >= 4 is 15.9 Å². The molecule has 0 spiro atoms. The van der Waals surface area contributed by atoms with Crippen LogP contribution in [-0.2, 0) is 16.0 Å². The molecule has 0 bridgehead atoms. The molecule has 0 aliphatic carbocycles. The summed E-state index contributed by atoms with van der Waals surface area (Å²) in [5.41, 5.74) is 0.828. The van der Waals surface area contributed by atoms with Gasteiger partial charge in [0.05, 0.1) is 41.2 Å². The molecular formula is C15H28BrN3O2. The normalized spacial score (nSPS) is 15.9. The van der Waals surface area contributed by atoms with Crippen LogP contribution < -0.4 is 5.32 Å². The Bertz CT molecular complexity index is 419. The summed E-state index contributed by atoms with van der Waals surface area (Å²) in [5.74, 6) is 0. The van der Waals surface area contributed by atoms with Crippen LogP contribution in [0.5, 0.6) is 0 Å². The first-order valence-electron chi connectivity index (χ1n) is 7.52. The average molecular weight is 362 g/mol. The van der Waals surface area contributed by atoms with E-state index in [1.807, 2.05) is 10.9 Å². The van der Waals surface area contributed by atoms with Gasteiger partial charge in [0, 0.05) is 14.2 Å². The fraction of sp³-hybridized carbons (Fsp3) is 0.800. The van der Waals surface area contributed by atoms with Gasteiger partial charge in [-0.1, -0.05) is 13.8 Å². The maximum Gasteiger partial charge on any atom is 0.0857 e. The van der Waals surface area contributed by atoms with Crippen molar-refractivity contribution in [3.05, 3.63) is 16.4 Å². The van der Waals surface area contributed by atoms with E-state index in [1.165, 1.54) is 0 Å². The third-order valence-electron chi connectivity index (χ3n) is 3.99. The number of aromatic nitrogens is 2. The predicted molar refractivity (Wildman–Crippen MR) is 88.5 cm³/mol. The van der Waals surface area contributed by atoms with Gasteiger partial charge >= 0.3 is 0 Å². The van der Waals surface area contributed by atoms with Crippen molar-refractivity contribution < 1.29 is 9.47 Å². The molecule has 1 heterocycles. The van der Waals surface area contributed by atoms with Gasteiger partial charge in [-0.3, -0.25) is 4.68 Å². The molecule has 5 nitrogen and oxygen atoms in total. The molecule has 0 saturated carbocycles.